The molecule has 2 saturated heterocycles. The van der Waals surface area contributed by atoms with Crippen molar-refractivity contribution in [2.75, 3.05) is 6.61 Å². The third-order valence-corrected chi connectivity index (χ3v) is 8.06. The van der Waals surface area contributed by atoms with Gasteiger partial charge in [-0.25, -0.2) is 0 Å². The highest BCUT2D eigenvalue weighted by Crippen LogP contribution is 2.67. The number of hydrogen-bond acceptors (Lipinski definition) is 5. The molecule has 140 valence electrons. The Bertz CT molecular complexity index is 628. The van der Waals surface area contributed by atoms with Crippen molar-refractivity contribution in [1.82, 2.24) is 0 Å². The summed E-state index contributed by atoms with van der Waals surface area (Å²) in [4.78, 5) is 24.7. The number of carbonyl (C=O) groups excluding carboxylic acids is 2. The molecule has 5 nitrogen and oxygen atoms in total. The van der Waals surface area contributed by atoms with E-state index in [2.05, 4.69) is 20.8 Å². The summed E-state index contributed by atoms with van der Waals surface area (Å²) in [6.45, 7) is 8.75. The van der Waals surface area contributed by atoms with Crippen LogP contribution in [-0.2, 0) is 19.1 Å². The Kier molecular flexibility index (Phi) is 3.54. The maximum Gasteiger partial charge on any atom is 0.308 e. The van der Waals surface area contributed by atoms with Crippen LogP contribution in [0.5, 0.6) is 0 Å². The van der Waals surface area contributed by atoms with E-state index < -0.39 is 17.3 Å². The van der Waals surface area contributed by atoms with Crippen LogP contribution in [0.25, 0.3) is 0 Å². The third kappa shape index (κ3) is 2.08. The molecule has 2 aliphatic heterocycles. The minimum absolute atomic E-state index is 0.0975. The van der Waals surface area contributed by atoms with Gasteiger partial charge >= 0.3 is 5.97 Å². The Balaban J connectivity index is 1.81. The molecule has 0 bridgehead atoms. The lowest BCUT2D eigenvalue weighted by molar-refractivity contribution is -0.257. The van der Waals surface area contributed by atoms with E-state index in [4.69, 9.17) is 9.47 Å². The average Bonchev–Trinajstić information content (AvgIpc) is 3.08. The Morgan fingerprint density at radius 3 is 2.44 bits per heavy atom. The highest BCUT2D eigenvalue weighted by atomic mass is 16.6. The number of cyclic esters (lactones) is 1. The van der Waals surface area contributed by atoms with Crippen LogP contribution >= 0.6 is 0 Å². The zero-order valence-corrected chi connectivity index (χ0v) is 15.8. The van der Waals surface area contributed by atoms with Gasteiger partial charge in [-0.1, -0.05) is 34.1 Å². The van der Waals surface area contributed by atoms with Gasteiger partial charge in [0.05, 0.1) is 12.0 Å². The van der Waals surface area contributed by atoms with Gasteiger partial charge in [-0.05, 0) is 31.1 Å². The van der Waals surface area contributed by atoms with Gasteiger partial charge in [0.25, 0.3) is 0 Å². The first kappa shape index (κ1) is 17.5. The van der Waals surface area contributed by atoms with E-state index in [-0.39, 0.29) is 40.8 Å². The van der Waals surface area contributed by atoms with Crippen LogP contribution in [0.15, 0.2) is 0 Å². The van der Waals surface area contributed by atoms with E-state index in [1.54, 1.807) is 0 Å². The molecule has 6 unspecified atom stereocenters. The van der Waals surface area contributed by atoms with Gasteiger partial charge < -0.3 is 14.6 Å². The van der Waals surface area contributed by atoms with Crippen LogP contribution in [0.2, 0.25) is 0 Å². The molecule has 2 heterocycles. The fourth-order valence-electron chi connectivity index (χ4n) is 6.89. The number of fused-ring (bicyclic) bond motifs is 2. The Morgan fingerprint density at radius 1 is 1.08 bits per heavy atom. The summed E-state index contributed by atoms with van der Waals surface area (Å²) >= 11 is 0. The lowest BCUT2D eigenvalue weighted by Crippen LogP contribution is -2.70. The van der Waals surface area contributed by atoms with Crippen molar-refractivity contribution >= 4 is 11.8 Å². The second-order valence-corrected chi connectivity index (χ2v) is 9.82. The molecule has 0 radical (unpaired) electrons. The van der Waals surface area contributed by atoms with Crippen LogP contribution in [0.1, 0.15) is 66.2 Å². The first-order valence-corrected chi connectivity index (χ1v) is 9.65. The maximum absolute atomic E-state index is 13.0. The third-order valence-electron chi connectivity index (χ3n) is 8.06. The minimum Gasteiger partial charge on any atom is -0.463 e. The molecule has 2 saturated carbocycles. The minimum atomic E-state index is -0.928. The zero-order valence-electron chi connectivity index (χ0n) is 15.8. The largest absolute Gasteiger partial charge is 0.463 e. The second kappa shape index (κ2) is 5.07. The second-order valence-electron chi connectivity index (χ2n) is 9.82. The fourth-order valence-corrected chi connectivity index (χ4v) is 6.89. The number of hydrogen-bond donors (Lipinski definition) is 1. The number of ketones is 1. The summed E-state index contributed by atoms with van der Waals surface area (Å²) in [6, 6.07) is 0. The topological polar surface area (TPSA) is 72.8 Å². The summed E-state index contributed by atoms with van der Waals surface area (Å²) in [5.41, 5.74) is -1.59. The smallest absolute Gasteiger partial charge is 0.308 e. The molecule has 0 aromatic heterocycles. The van der Waals surface area contributed by atoms with E-state index >= 15 is 0 Å². The monoisotopic (exact) mass is 350 g/mol. The molecule has 4 aliphatic rings. The zero-order chi connectivity index (χ0) is 18.3. The van der Waals surface area contributed by atoms with E-state index in [0.29, 0.717) is 6.61 Å². The highest BCUT2D eigenvalue weighted by Gasteiger charge is 2.72. The number of carbonyl (C=O) groups is 2. The van der Waals surface area contributed by atoms with Crippen LogP contribution in [0.3, 0.4) is 0 Å². The summed E-state index contributed by atoms with van der Waals surface area (Å²) in [5, 5.41) is 10.9. The lowest BCUT2D eigenvalue weighted by atomic mass is 9.43. The summed E-state index contributed by atoms with van der Waals surface area (Å²) in [6.07, 6.45) is 3.88. The average molecular weight is 350 g/mol. The van der Waals surface area contributed by atoms with E-state index in [9.17, 15) is 14.7 Å². The first-order valence-electron chi connectivity index (χ1n) is 9.65. The molecule has 25 heavy (non-hydrogen) atoms. The van der Waals surface area contributed by atoms with Gasteiger partial charge in [0, 0.05) is 17.3 Å². The summed E-state index contributed by atoms with van der Waals surface area (Å²) in [7, 11) is 0. The summed E-state index contributed by atoms with van der Waals surface area (Å²) in [5.74, 6) is -0.796. The van der Waals surface area contributed by atoms with E-state index in [0.717, 1.165) is 32.1 Å². The van der Waals surface area contributed by atoms with Crippen molar-refractivity contribution in [3.05, 3.63) is 0 Å². The molecule has 0 aromatic rings. The lowest BCUT2D eigenvalue weighted by Gasteiger charge is -2.64. The number of Topliss-reactive ketones (excluding diaryl/α,β-unsaturated/α-hetero) is 1. The van der Waals surface area contributed by atoms with Crippen molar-refractivity contribution < 1.29 is 24.2 Å². The molecule has 0 amide bonds. The molecule has 4 fully saturated rings. The van der Waals surface area contributed by atoms with Gasteiger partial charge in [0.2, 0.25) is 0 Å². The standard InChI is InChI=1S/C20H30O5/c1-12-14(22)15(23)16-17(2,3)6-5-7-18(16,4)20(12)9-8-19(25-20)10-13(21)24-11-19/h12,15-16,23H,5-11H2,1-4H3. The van der Waals surface area contributed by atoms with Crippen molar-refractivity contribution in [2.24, 2.45) is 22.7 Å². The molecule has 0 aromatic carbocycles. The molecular weight excluding hydrogens is 320 g/mol. The van der Waals surface area contributed by atoms with Crippen LogP contribution in [-0.4, -0.2) is 40.8 Å². The van der Waals surface area contributed by atoms with Gasteiger partial charge in [0.1, 0.15) is 18.3 Å². The van der Waals surface area contributed by atoms with Crippen LogP contribution in [0.4, 0.5) is 0 Å². The number of ether oxygens (including phenoxy) is 2. The Morgan fingerprint density at radius 2 is 1.80 bits per heavy atom. The van der Waals surface area contributed by atoms with Gasteiger partial charge in [-0.2, -0.15) is 0 Å². The Hall–Kier alpha value is -0.940. The van der Waals surface area contributed by atoms with Crippen molar-refractivity contribution in [1.29, 1.82) is 0 Å². The van der Waals surface area contributed by atoms with Crippen molar-refractivity contribution in [3.8, 4) is 0 Å². The number of aliphatic hydroxyl groups is 1. The van der Waals surface area contributed by atoms with Gasteiger partial charge in [0.15, 0.2) is 5.78 Å². The van der Waals surface area contributed by atoms with Crippen molar-refractivity contribution in [2.45, 2.75) is 83.5 Å². The molecule has 2 aliphatic carbocycles. The predicted octanol–water partition coefficient (Wildman–Crippen LogP) is 2.63. The SMILES string of the molecule is CC1C(=O)C(O)C2C(C)(C)CCCC2(C)C12CCC1(COC(=O)C1)O2. The highest BCUT2D eigenvalue weighted by molar-refractivity contribution is 5.88. The Labute approximate surface area is 149 Å². The van der Waals surface area contributed by atoms with E-state index in [1.807, 2.05) is 6.92 Å². The molecule has 1 N–H and O–H groups in total. The molecular formula is C20H30O5. The molecule has 6 atom stereocenters. The van der Waals surface area contributed by atoms with E-state index in [1.165, 1.54) is 0 Å². The fraction of sp³-hybridized carbons (Fsp3) is 0.900. The number of rotatable bonds is 0. The van der Waals surface area contributed by atoms with Gasteiger partial charge in [-0.15, -0.1) is 0 Å². The predicted molar refractivity (Wildman–Crippen MR) is 90.8 cm³/mol. The first-order chi connectivity index (χ1) is 11.6. The molecule has 4 rings (SSSR count). The molecule has 5 heteroatoms. The summed E-state index contributed by atoms with van der Waals surface area (Å²) < 4.78 is 11.9. The molecule has 2 spiro atoms. The maximum atomic E-state index is 13.0. The van der Waals surface area contributed by atoms with Crippen LogP contribution < -0.4 is 0 Å². The van der Waals surface area contributed by atoms with Gasteiger partial charge in [-0.3, -0.25) is 9.59 Å². The quantitative estimate of drug-likeness (QED) is 0.680. The normalized spacial score (nSPS) is 51.8. The number of esters is 1. The number of aliphatic hydroxyl groups excluding tert-OH is 1. The van der Waals surface area contributed by atoms with Crippen molar-refractivity contribution in [3.63, 3.8) is 0 Å². The van der Waals surface area contributed by atoms with Crippen LogP contribution in [0, 0.1) is 22.7 Å².